The summed E-state index contributed by atoms with van der Waals surface area (Å²) in [6, 6.07) is 0. The largest absolute Gasteiger partial charge is 0.393 e. The molecule has 0 aromatic carbocycles. The maximum atomic E-state index is 9.81. The molecule has 0 amide bonds. The number of hydrogen-bond donors (Lipinski definition) is 1. The summed E-state index contributed by atoms with van der Waals surface area (Å²) in [6.45, 7) is 0. The molecule has 1 heteroatoms. The van der Waals surface area contributed by atoms with Crippen LogP contribution in [0.3, 0.4) is 0 Å². The molecule has 0 bridgehead atoms. The predicted molar refractivity (Wildman–Crippen MR) is 54.5 cm³/mol. The van der Waals surface area contributed by atoms with E-state index in [1.54, 1.807) is 0 Å². The van der Waals surface area contributed by atoms with E-state index in [-0.39, 0.29) is 6.10 Å². The van der Waals surface area contributed by atoms with Crippen LogP contribution < -0.4 is 0 Å². The predicted octanol–water partition coefficient (Wildman–Crippen LogP) is 3.12. The molecule has 76 valence electrons. The highest BCUT2D eigenvalue weighted by molar-refractivity contribution is 4.78. The molecule has 13 heavy (non-hydrogen) atoms. The quantitative estimate of drug-likeness (QED) is 0.708. The molecule has 0 spiro atoms. The monoisotopic (exact) mass is 182 g/mol. The Balaban J connectivity index is 1.62. The maximum Gasteiger partial charge on any atom is 0.0545 e. The van der Waals surface area contributed by atoms with Crippen LogP contribution in [0.25, 0.3) is 0 Å². The van der Waals surface area contributed by atoms with Gasteiger partial charge in [0.15, 0.2) is 0 Å². The normalized spacial score (nSPS) is 27.5. The molecule has 1 unspecified atom stereocenters. The van der Waals surface area contributed by atoms with Crippen molar-refractivity contribution in [1.29, 1.82) is 0 Å². The molecule has 1 atom stereocenters. The van der Waals surface area contributed by atoms with Crippen LogP contribution in [0, 0.1) is 11.8 Å². The lowest BCUT2D eigenvalue weighted by Gasteiger charge is -2.23. The first-order valence-electron chi connectivity index (χ1n) is 6.02. The van der Waals surface area contributed by atoms with E-state index in [9.17, 15) is 5.11 Å². The number of hydrogen-bond acceptors (Lipinski definition) is 1. The van der Waals surface area contributed by atoms with Crippen molar-refractivity contribution in [3.8, 4) is 0 Å². The lowest BCUT2D eigenvalue weighted by atomic mass is 9.84. The standard InChI is InChI=1S/C12H22O/c13-12(9-11-6-7-11)8-10-4-2-1-3-5-10/h10-13H,1-9H2. The second-order valence-corrected chi connectivity index (χ2v) is 5.07. The zero-order valence-electron chi connectivity index (χ0n) is 8.54. The van der Waals surface area contributed by atoms with Gasteiger partial charge in [-0.15, -0.1) is 0 Å². The summed E-state index contributed by atoms with van der Waals surface area (Å²) < 4.78 is 0. The van der Waals surface area contributed by atoms with Crippen molar-refractivity contribution in [1.82, 2.24) is 0 Å². The van der Waals surface area contributed by atoms with Crippen LogP contribution >= 0.6 is 0 Å². The SMILES string of the molecule is OC(CC1CCCCC1)CC1CC1. The van der Waals surface area contributed by atoms with E-state index in [2.05, 4.69) is 0 Å². The van der Waals surface area contributed by atoms with E-state index >= 15 is 0 Å². The molecule has 2 saturated carbocycles. The topological polar surface area (TPSA) is 20.2 Å². The second-order valence-electron chi connectivity index (χ2n) is 5.07. The molecular weight excluding hydrogens is 160 g/mol. The van der Waals surface area contributed by atoms with Crippen molar-refractivity contribution in [2.75, 3.05) is 0 Å². The van der Waals surface area contributed by atoms with Crippen molar-refractivity contribution in [3.63, 3.8) is 0 Å². The summed E-state index contributed by atoms with van der Waals surface area (Å²) in [4.78, 5) is 0. The van der Waals surface area contributed by atoms with E-state index < -0.39 is 0 Å². The fourth-order valence-corrected chi connectivity index (χ4v) is 2.64. The van der Waals surface area contributed by atoms with Crippen LogP contribution in [-0.2, 0) is 0 Å². The Morgan fingerprint density at radius 3 is 1.92 bits per heavy atom. The summed E-state index contributed by atoms with van der Waals surface area (Å²) in [6.07, 6.45) is 12.0. The van der Waals surface area contributed by atoms with Crippen molar-refractivity contribution in [2.24, 2.45) is 11.8 Å². The van der Waals surface area contributed by atoms with Gasteiger partial charge >= 0.3 is 0 Å². The van der Waals surface area contributed by atoms with Gasteiger partial charge in [-0.3, -0.25) is 0 Å². The minimum Gasteiger partial charge on any atom is -0.393 e. The zero-order chi connectivity index (χ0) is 9.10. The molecule has 2 aliphatic rings. The molecule has 1 nitrogen and oxygen atoms in total. The second kappa shape index (κ2) is 4.45. The summed E-state index contributed by atoms with van der Waals surface area (Å²) >= 11 is 0. The van der Waals surface area contributed by atoms with Gasteiger partial charge < -0.3 is 5.11 Å². The van der Waals surface area contributed by atoms with E-state index in [4.69, 9.17) is 0 Å². The Morgan fingerprint density at radius 1 is 0.846 bits per heavy atom. The first-order valence-corrected chi connectivity index (χ1v) is 6.02. The van der Waals surface area contributed by atoms with Crippen LogP contribution in [0.5, 0.6) is 0 Å². The molecule has 2 rings (SSSR count). The third-order valence-electron chi connectivity index (χ3n) is 3.63. The summed E-state index contributed by atoms with van der Waals surface area (Å²) in [7, 11) is 0. The highest BCUT2D eigenvalue weighted by Gasteiger charge is 2.26. The molecule has 2 fully saturated rings. The minimum absolute atomic E-state index is 0.0237. The maximum absolute atomic E-state index is 9.81. The minimum atomic E-state index is 0.0237. The van der Waals surface area contributed by atoms with Crippen molar-refractivity contribution < 1.29 is 5.11 Å². The lowest BCUT2D eigenvalue weighted by Crippen LogP contribution is -2.16. The first kappa shape index (κ1) is 9.51. The molecule has 0 aliphatic heterocycles. The number of aliphatic hydroxyl groups excluding tert-OH is 1. The molecule has 0 saturated heterocycles. The summed E-state index contributed by atoms with van der Waals surface area (Å²) in [5.41, 5.74) is 0. The molecular formula is C12H22O. The highest BCUT2D eigenvalue weighted by atomic mass is 16.3. The van der Waals surface area contributed by atoms with Crippen LogP contribution in [-0.4, -0.2) is 11.2 Å². The average molecular weight is 182 g/mol. The molecule has 0 radical (unpaired) electrons. The van der Waals surface area contributed by atoms with E-state index in [0.717, 1.165) is 24.7 Å². The fraction of sp³-hybridized carbons (Fsp3) is 1.00. The molecule has 2 aliphatic carbocycles. The van der Waals surface area contributed by atoms with Gasteiger partial charge in [-0.25, -0.2) is 0 Å². The molecule has 0 aromatic rings. The van der Waals surface area contributed by atoms with Gasteiger partial charge in [-0.05, 0) is 24.7 Å². The van der Waals surface area contributed by atoms with Crippen LogP contribution in [0.4, 0.5) is 0 Å². The Bertz CT molecular complexity index is 145. The first-order chi connectivity index (χ1) is 6.34. The number of aliphatic hydroxyl groups is 1. The van der Waals surface area contributed by atoms with Crippen molar-refractivity contribution in [2.45, 2.75) is 63.9 Å². The van der Waals surface area contributed by atoms with Gasteiger partial charge in [0.2, 0.25) is 0 Å². The Labute approximate surface area is 81.5 Å². The van der Waals surface area contributed by atoms with Gasteiger partial charge in [0, 0.05) is 0 Å². The van der Waals surface area contributed by atoms with Gasteiger partial charge in [-0.1, -0.05) is 44.9 Å². The summed E-state index contributed by atoms with van der Waals surface area (Å²) in [5.74, 6) is 1.74. The van der Waals surface area contributed by atoms with Crippen molar-refractivity contribution in [3.05, 3.63) is 0 Å². The zero-order valence-corrected chi connectivity index (χ0v) is 8.54. The van der Waals surface area contributed by atoms with Crippen LogP contribution in [0.1, 0.15) is 57.8 Å². The smallest absolute Gasteiger partial charge is 0.0545 e. The van der Waals surface area contributed by atoms with E-state index in [1.165, 1.54) is 44.9 Å². The molecule has 0 aromatic heterocycles. The molecule has 0 heterocycles. The van der Waals surface area contributed by atoms with Gasteiger partial charge in [-0.2, -0.15) is 0 Å². The third-order valence-corrected chi connectivity index (χ3v) is 3.63. The lowest BCUT2D eigenvalue weighted by molar-refractivity contribution is 0.116. The van der Waals surface area contributed by atoms with E-state index in [0.29, 0.717) is 0 Å². The Hall–Kier alpha value is -0.0400. The Kier molecular flexibility index (Phi) is 3.26. The summed E-state index contributed by atoms with van der Waals surface area (Å²) in [5, 5.41) is 9.81. The van der Waals surface area contributed by atoms with Gasteiger partial charge in [0.25, 0.3) is 0 Å². The Morgan fingerprint density at radius 2 is 1.38 bits per heavy atom. The third kappa shape index (κ3) is 3.30. The van der Waals surface area contributed by atoms with Crippen molar-refractivity contribution >= 4 is 0 Å². The fourth-order valence-electron chi connectivity index (χ4n) is 2.64. The van der Waals surface area contributed by atoms with Gasteiger partial charge in [0.05, 0.1) is 6.10 Å². The average Bonchev–Trinajstić information content (AvgIpc) is 2.90. The molecule has 1 N–H and O–H groups in total. The van der Waals surface area contributed by atoms with Crippen LogP contribution in [0.15, 0.2) is 0 Å². The highest BCUT2D eigenvalue weighted by Crippen LogP contribution is 2.36. The van der Waals surface area contributed by atoms with Gasteiger partial charge in [0.1, 0.15) is 0 Å². The van der Waals surface area contributed by atoms with E-state index in [1.807, 2.05) is 0 Å². The van der Waals surface area contributed by atoms with Crippen LogP contribution in [0.2, 0.25) is 0 Å². The number of rotatable bonds is 4.